The standard InChI is InChI=1S/C17H22N4O2/c22-16-7-8-21(16)15-6-5-11(10-18-15)9-14-12-3-1-2-4-13(12)17(23)20-19-14/h5-6,10,12-14,19H,1-4,7-9H2,(H,20,23). The minimum absolute atomic E-state index is 0.145. The van der Waals surface area contributed by atoms with Crippen LogP contribution in [0.25, 0.3) is 0 Å². The highest BCUT2D eigenvalue weighted by molar-refractivity contribution is 5.98. The van der Waals surface area contributed by atoms with Crippen molar-refractivity contribution in [3.63, 3.8) is 0 Å². The first-order chi connectivity index (χ1) is 11.2. The predicted molar refractivity (Wildman–Crippen MR) is 85.4 cm³/mol. The van der Waals surface area contributed by atoms with Gasteiger partial charge in [0.05, 0.1) is 0 Å². The van der Waals surface area contributed by atoms with Crippen LogP contribution >= 0.6 is 0 Å². The Labute approximate surface area is 135 Å². The van der Waals surface area contributed by atoms with E-state index in [1.54, 1.807) is 4.90 Å². The smallest absolute Gasteiger partial charge is 0.237 e. The predicted octanol–water partition coefficient (Wildman–Crippen LogP) is 1.17. The molecule has 122 valence electrons. The van der Waals surface area contributed by atoms with E-state index in [9.17, 15) is 9.59 Å². The van der Waals surface area contributed by atoms with Crippen molar-refractivity contribution in [1.29, 1.82) is 0 Å². The van der Waals surface area contributed by atoms with E-state index in [1.165, 1.54) is 6.42 Å². The Hall–Kier alpha value is -1.95. The van der Waals surface area contributed by atoms with Gasteiger partial charge >= 0.3 is 0 Å². The molecule has 0 radical (unpaired) electrons. The number of carbonyl (C=O) groups excluding carboxylic acids is 2. The molecule has 1 aromatic rings. The molecule has 0 spiro atoms. The fourth-order valence-corrected chi connectivity index (χ4v) is 4.04. The normalized spacial score (nSPS) is 30.4. The minimum atomic E-state index is 0.145. The topological polar surface area (TPSA) is 74.3 Å². The number of pyridine rings is 1. The van der Waals surface area contributed by atoms with Crippen molar-refractivity contribution in [2.75, 3.05) is 11.4 Å². The number of hydrogen-bond donors (Lipinski definition) is 2. The van der Waals surface area contributed by atoms with Crippen molar-refractivity contribution in [3.05, 3.63) is 23.9 Å². The van der Waals surface area contributed by atoms with Gasteiger partial charge in [0.15, 0.2) is 0 Å². The molecule has 6 nitrogen and oxygen atoms in total. The van der Waals surface area contributed by atoms with Gasteiger partial charge in [-0.25, -0.2) is 10.4 Å². The van der Waals surface area contributed by atoms with Gasteiger partial charge in [-0.2, -0.15) is 0 Å². The molecule has 3 heterocycles. The molecular weight excluding hydrogens is 292 g/mol. The molecule has 1 saturated carbocycles. The Morgan fingerprint density at radius 1 is 1.22 bits per heavy atom. The zero-order chi connectivity index (χ0) is 15.8. The number of nitrogens with one attached hydrogen (secondary N) is 2. The number of amides is 2. The van der Waals surface area contributed by atoms with E-state index in [2.05, 4.69) is 15.8 Å². The summed E-state index contributed by atoms with van der Waals surface area (Å²) in [4.78, 5) is 29.6. The second-order valence-corrected chi connectivity index (χ2v) is 6.82. The summed E-state index contributed by atoms with van der Waals surface area (Å²) in [5.41, 5.74) is 7.17. The summed E-state index contributed by atoms with van der Waals surface area (Å²) in [6.07, 6.45) is 7.81. The molecule has 2 amide bonds. The molecule has 1 aromatic heterocycles. The first-order valence-corrected chi connectivity index (χ1v) is 8.53. The third-order valence-corrected chi connectivity index (χ3v) is 5.45. The van der Waals surface area contributed by atoms with Crippen molar-refractivity contribution in [2.45, 2.75) is 44.6 Å². The Bertz CT molecular complexity index is 616. The average molecular weight is 314 g/mol. The third kappa shape index (κ3) is 2.72. The number of carbonyl (C=O) groups is 2. The van der Waals surface area contributed by atoms with Crippen LogP contribution in [0.15, 0.2) is 18.3 Å². The van der Waals surface area contributed by atoms with E-state index < -0.39 is 0 Å². The van der Waals surface area contributed by atoms with E-state index in [4.69, 9.17) is 0 Å². The Morgan fingerprint density at radius 3 is 2.78 bits per heavy atom. The molecule has 0 aromatic carbocycles. The van der Waals surface area contributed by atoms with Crippen molar-refractivity contribution < 1.29 is 9.59 Å². The molecule has 3 fully saturated rings. The number of rotatable bonds is 3. The number of hydrogen-bond acceptors (Lipinski definition) is 4. The highest BCUT2D eigenvalue weighted by Gasteiger charge is 2.39. The van der Waals surface area contributed by atoms with E-state index in [0.717, 1.165) is 43.6 Å². The Morgan fingerprint density at radius 2 is 2.09 bits per heavy atom. The van der Waals surface area contributed by atoms with Gasteiger partial charge in [0.25, 0.3) is 0 Å². The number of anilines is 1. The van der Waals surface area contributed by atoms with Gasteiger partial charge < -0.3 is 0 Å². The maximum atomic E-state index is 12.0. The molecule has 3 atom stereocenters. The molecule has 6 heteroatoms. The molecule has 23 heavy (non-hydrogen) atoms. The Balaban J connectivity index is 1.44. The largest absolute Gasteiger partial charge is 0.296 e. The monoisotopic (exact) mass is 314 g/mol. The van der Waals surface area contributed by atoms with E-state index in [-0.39, 0.29) is 23.8 Å². The van der Waals surface area contributed by atoms with E-state index >= 15 is 0 Å². The molecule has 2 aliphatic heterocycles. The summed E-state index contributed by atoms with van der Waals surface area (Å²) in [5.74, 6) is 1.60. The molecule has 2 N–H and O–H groups in total. The average Bonchev–Trinajstić information content (AvgIpc) is 2.58. The summed E-state index contributed by atoms with van der Waals surface area (Å²) >= 11 is 0. The molecule has 3 aliphatic rings. The highest BCUT2D eigenvalue weighted by Crippen LogP contribution is 2.35. The summed E-state index contributed by atoms with van der Waals surface area (Å²) in [7, 11) is 0. The van der Waals surface area contributed by atoms with Crippen LogP contribution in [0, 0.1) is 11.8 Å². The first-order valence-electron chi connectivity index (χ1n) is 8.53. The zero-order valence-corrected chi connectivity index (χ0v) is 13.1. The quantitative estimate of drug-likeness (QED) is 0.821. The van der Waals surface area contributed by atoms with Crippen molar-refractivity contribution in [1.82, 2.24) is 15.8 Å². The second kappa shape index (κ2) is 5.92. The number of hydrazine groups is 1. The lowest BCUT2D eigenvalue weighted by Gasteiger charge is -2.41. The lowest BCUT2D eigenvalue weighted by atomic mass is 9.72. The maximum Gasteiger partial charge on any atom is 0.237 e. The third-order valence-electron chi connectivity index (χ3n) is 5.45. The molecular formula is C17H22N4O2. The summed E-state index contributed by atoms with van der Waals surface area (Å²) in [6.45, 7) is 0.769. The van der Waals surface area contributed by atoms with Crippen LogP contribution < -0.4 is 15.8 Å². The fraction of sp³-hybridized carbons (Fsp3) is 0.588. The summed E-state index contributed by atoms with van der Waals surface area (Å²) < 4.78 is 0. The summed E-state index contributed by atoms with van der Waals surface area (Å²) in [6, 6.07) is 4.23. The SMILES string of the molecule is O=C1NNC(Cc2ccc(N3CCC3=O)nc2)C2CCCCC12. The van der Waals surface area contributed by atoms with E-state index in [0.29, 0.717) is 12.3 Å². The van der Waals surface area contributed by atoms with Gasteiger partial charge in [-0.05, 0) is 36.8 Å². The van der Waals surface area contributed by atoms with Crippen LogP contribution in [0.2, 0.25) is 0 Å². The number of fused-ring (bicyclic) bond motifs is 1. The number of nitrogens with zero attached hydrogens (tertiary/aromatic N) is 2. The van der Waals surface area contributed by atoms with Gasteiger partial charge in [-0.15, -0.1) is 0 Å². The van der Waals surface area contributed by atoms with Gasteiger partial charge in [0.2, 0.25) is 11.8 Å². The van der Waals surface area contributed by atoms with Crippen LogP contribution in [0.1, 0.15) is 37.7 Å². The Kier molecular flexibility index (Phi) is 3.77. The molecule has 1 aliphatic carbocycles. The molecule has 0 bridgehead atoms. The van der Waals surface area contributed by atoms with Crippen LogP contribution in [-0.4, -0.2) is 29.4 Å². The fourth-order valence-electron chi connectivity index (χ4n) is 4.04. The van der Waals surface area contributed by atoms with Crippen LogP contribution in [0.4, 0.5) is 5.82 Å². The second-order valence-electron chi connectivity index (χ2n) is 6.82. The molecule has 4 rings (SSSR count). The minimum Gasteiger partial charge on any atom is -0.296 e. The van der Waals surface area contributed by atoms with Crippen molar-refractivity contribution in [2.24, 2.45) is 11.8 Å². The molecule has 3 unspecified atom stereocenters. The van der Waals surface area contributed by atoms with E-state index in [1.807, 2.05) is 18.3 Å². The van der Waals surface area contributed by atoms with Crippen molar-refractivity contribution in [3.8, 4) is 0 Å². The van der Waals surface area contributed by atoms with Gasteiger partial charge in [-0.1, -0.05) is 18.9 Å². The molecule has 2 saturated heterocycles. The highest BCUT2D eigenvalue weighted by atomic mass is 16.2. The first kappa shape index (κ1) is 14.6. The zero-order valence-electron chi connectivity index (χ0n) is 13.1. The number of aromatic nitrogens is 1. The van der Waals surface area contributed by atoms with Crippen LogP contribution in [-0.2, 0) is 16.0 Å². The van der Waals surface area contributed by atoms with Gasteiger partial charge in [0.1, 0.15) is 5.82 Å². The van der Waals surface area contributed by atoms with Gasteiger partial charge in [-0.3, -0.25) is 19.9 Å². The van der Waals surface area contributed by atoms with Crippen LogP contribution in [0.3, 0.4) is 0 Å². The lowest BCUT2D eigenvalue weighted by molar-refractivity contribution is -0.133. The van der Waals surface area contributed by atoms with Crippen LogP contribution in [0.5, 0.6) is 0 Å². The summed E-state index contributed by atoms with van der Waals surface area (Å²) in [5, 5.41) is 0. The lowest BCUT2D eigenvalue weighted by Crippen LogP contribution is -2.60. The number of β-lactam (4-membered cyclic amide) rings is 1. The maximum absolute atomic E-state index is 12.0. The van der Waals surface area contributed by atoms with Gasteiger partial charge in [0, 0.05) is 31.1 Å². The van der Waals surface area contributed by atoms with Crippen molar-refractivity contribution >= 4 is 17.6 Å².